The fraction of sp³-hybridized carbons (Fsp3) is 0.588. The van der Waals surface area contributed by atoms with Gasteiger partial charge in [-0.1, -0.05) is 0 Å². The van der Waals surface area contributed by atoms with Gasteiger partial charge < -0.3 is 9.64 Å². The molecule has 3 heterocycles. The predicted molar refractivity (Wildman–Crippen MR) is 97.6 cm³/mol. The van der Waals surface area contributed by atoms with Gasteiger partial charge in [0.05, 0.1) is 19.0 Å². The molecule has 0 bridgehead atoms. The van der Waals surface area contributed by atoms with E-state index in [9.17, 15) is 9.59 Å². The summed E-state index contributed by atoms with van der Waals surface area (Å²) >= 11 is 1.68. The summed E-state index contributed by atoms with van der Waals surface area (Å²) in [5.74, 6) is 0.517. The van der Waals surface area contributed by atoms with Gasteiger partial charge in [0.2, 0.25) is 5.95 Å². The average molecular weight is 362 g/mol. The molecule has 7 nitrogen and oxygen atoms in total. The maximum atomic E-state index is 12.9. The first-order valence-electron chi connectivity index (χ1n) is 8.64. The smallest absolute Gasteiger partial charge is 0.319 e. The molecular weight excluding hydrogens is 340 g/mol. The van der Waals surface area contributed by atoms with Crippen LogP contribution in [0.2, 0.25) is 0 Å². The van der Waals surface area contributed by atoms with Crippen molar-refractivity contribution in [3.05, 3.63) is 20.8 Å². The van der Waals surface area contributed by atoms with Crippen molar-refractivity contribution in [2.75, 3.05) is 44.7 Å². The van der Waals surface area contributed by atoms with E-state index in [1.165, 1.54) is 17.6 Å². The van der Waals surface area contributed by atoms with E-state index in [-0.39, 0.29) is 11.5 Å². The van der Waals surface area contributed by atoms with Gasteiger partial charge in [0.25, 0.3) is 5.56 Å². The molecule has 0 amide bonds. The highest BCUT2D eigenvalue weighted by Crippen LogP contribution is 2.35. The Bertz CT molecular complexity index is 880. The van der Waals surface area contributed by atoms with Gasteiger partial charge in [-0.15, -0.1) is 11.3 Å². The molecule has 8 heteroatoms. The lowest BCUT2D eigenvalue weighted by atomic mass is 10.2. The molecular formula is C17H22N4O3S. The maximum absolute atomic E-state index is 12.9. The van der Waals surface area contributed by atoms with Crippen LogP contribution >= 0.6 is 11.3 Å². The van der Waals surface area contributed by atoms with Gasteiger partial charge in [-0.3, -0.25) is 19.1 Å². The Morgan fingerprint density at radius 2 is 2.00 bits per heavy atom. The van der Waals surface area contributed by atoms with Gasteiger partial charge in [-0.05, 0) is 24.8 Å². The summed E-state index contributed by atoms with van der Waals surface area (Å²) < 4.78 is 6.41. The van der Waals surface area contributed by atoms with Crippen LogP contribution in [0.5, 0.6) is 0 Å². The number of anilines is 1. The fourth-order valence-corrected chi connectivity index (χ4v) is 5.00. The molecule has 25 heavy (non-hydrogen) atoms. The highest BCUT2D eigenvalue weighted by atomic mass is 32.1. The molecule has 1 saturated heterocycles. The molecule has 2 aliphatic rings. The largest absolute Gasteiger partial charge is 0.468 e. The number of aryl methyl sites for hydroxylation is 2. The van der Waals surface area contributed by atoms with E-state index >= 15 is 0 Å². The van der Waals surface area contributed by atoms with E-state index in [0.29, 0.717) is 6.54 Å². The molecule has 1 fully saturated rings. The van der Waals surface area contributed by atoms with E-state index in [0.717, 1.165) is 61.6 Å². The molecule has 1 aliphatic carbocycles. The van der Waals surface area contributed by atoms with Crippen LogP contribution in [0.15, 0.2) is 4.79 Å². The lowest BCUT2D eigenvalue weighted by Crippen LogP contribution is -2.49. The molecule has 0 saturated carbocycles. The number of thiophene rings is 1. The summed E-state index contributed by atoms with van der Waals surface area (Å²) in [7, 11) is 3.22. The predicted octanol–water partition coefficient (Wildman–Crippen LogP) is 0.779. The zero-order valence-corrected chi connectivity index (χ0v) is 15.4. The van der Waals surface area contributed by atoms with Gasteiger partial charge in [0, 0.05) is 38.1 Å². The normalized spacial score (nSPS) is 17.9. The third-order valence-corrected chi connectivity index (χ3v) is 6.34. The second kappa shape index (κ2) is 6.42. The van der Waals surface area contributed by atoms with Crippen LogP contribution in [-0.2, 0) is 29.4 Å². The minimum absolute atomic E-state index is 0.0661. The molecule has 0 aromatic carbocycles. The quantitative estimate of drug-likeness (QED) is 0.752. The number of hydrogen-bond acceptors (Lipinski definition) is 7. The number of piperazine rings is 1. The Morgan fingerprint density at radius 1 is 1.24 bits per heavy atom. The van der Waals surface area contributed by atoms with Crippen LogP contribution in [0.4, 0.5) is 5.95 Å². The third-order valence-electron chi connectivity index (χ3n) is 5.16. The number of aromatic nitrogens is 2. The number of fused-ring (bicyclic) bond motifs is 3. The van der Waals surface area contributed by atoms with E-state index in [1.54, 1.807) is 15.9 Å². The number of carbonyl (C=O) groups is 1. The van der Waals surface area contributed by atoms with Crippen molar-refractivity contribution in [2.24, 2.45) is 7.05 Å². The summed E-state index contributed by atoms with van der Waals surface area (Å²) in [4.78, 5) is 35.5. The van der Waals surface area contributed by atoms with Crippen molar-refractivity contribution < 1.29 is 9.53 Å². The van der Waals surface area contributed by atoms with Crippen LogP contribution in [0.1, 0.15) is 16.9 Å². The zero-order chi connectivity index (χ0) is 17.6. The number of nitrogens with zero attached hydrogens (tertiary/aromatic N) is 4. The molecule has 1 aliphatic heterocycles. The third kappa shape index (κ3) is 2.83. The summed E-state index contributed by atoms with van der Waals surface area (Å²) in [6.07, 6.45) is 3.21. The summed E-state index contributed by atoms with van der Waals surface area (Å²) in [5, 5.41) is 0.827. The van der Waals surface area contributed by atoms with Crippen LogP contribution in [0.25, 0.3) is 10.2 Å². The van der Waals surface area contributed by atoms with E-state index in [1.807, 2.05) is 7.05 Å². The van der Waals surface area contributed by atoms with Crippen molar-refractivity contribution in [1.29, 1.82) is 0 Å². The molecule has 2 aromatic heterocycles. The van der Waals surface area contributed by atoms with Crippen molar-refractivity contribution in [2.45, 2.75) is 19.3 Å². The van der Waals surface area contributed by atoms with Gasteiger partial charge in [-0.25, -0.2) is 4.98 Å². The van der Waals surface area contributed by atoms with Gasteiger partial charge in [0.15, 0.2) is 0 Å². The number of methoxy groups -OCH3 is 1. The van der Waals surface area contributed by atoms with Gasteiger partial charge >= 0.3 is 5.97 Å². The minimum Gasteiger partial charge on any atom is -0.468 e. The molecule has 0 atom stereocenters. The van der Waals surface area contributed by atoms with Crippen molar-refractivity contribution in [3.8, 4) is 0 Å². The van der Waals surface area contributed by atoms with Crippen molar-refractivity contribution in [3.63, 3.8) is 0 Å². The summed E-state index contributed by atoms with van der Waals surface area (Å²) in [5.41, 5.74) is 1.29. The van der Waals surface area contributed by atoms with Crippen LogP contribution < -0.4 is 10.5 Å². The Hall–Kier alpha value is -1.93. The number of esters is 1. The van der Waals surface area contributed by atoms with E-state index in [4.69, 9.17) is 9.72 Å². The Morgan fingerprint density at radius 3 is 2.72 bits per heavy atom. The second-order valence-corrected chi connectivity index (χ2v) is 7.74. The maximum Gasteiger partial charge on any atom is 0.319 e. The van der Waals surface area contributed by atoms with Crippen molar-refractivity contribution >= 4 is 33.5 Å². The number of carbonyl (C=O) groups excluding carboxylic acids is 1. The lowest BCUT2D eigenvalue weighted by molar-refractivity contribution is -0.142. The first kappa shape index (κ1) is 16.5. The Kier molecular flexibility index (Phi) is 4.24. The first-order valence-corrected chi connectivity index (χ1v) is 9.45. The molecule has 2 aromatic rings. The van der Waals surface area contributed by atoms with Crippen LogP contribution in [-0.4, -0.2) is 60.3 Å². The minimum atomic E-state index is -0.214. The van der Waals surface area contributed by atoms with E-state index < -0.39 is 0 Å². The molecule has 0 unspecified atom stereocenters. The molecule has 4 rings (SSSR count). The van der Waals surface area contributed by atoms with Gasteiger partial charge in [-0.2, -0.15) is 0 Å². The number of ether oxygens (including phenoxy) is 1. The topological polar surface area (TPSA) is 67.7 Å². The molecule has 0 spiro atoms. The fourth-order valence-electron chi connectivity index (χ4n) is 3.75. The van der Waals surface area contributed by atoms with Gasteiger partial charge in [0.1, 0.15) is 4.83 Å². The zero-order valence-electron chi connectivity index (χ0n) is 14.6. The highest BCUT2D eigenvalue weighted by molar-refractivity contribution is 7.18. The highest BCUT2D eigenvalue weighted by Gasteiger charge is 2.26. The van der Waals surface area contributed by atoms with Crippen LogP contribution in [0, 0.1) is 0 Å². The molecule has 134 valence electrons. The summed E-state index contributed by atoms with van der Waals surface area (Å²) in [6.45, 7) is 3.31. The lowest BCUT2D eigenvalue weighted by Gasteiger charge is -2.35. The monoisotopic (exact) mass is 362 g/mol. The van der Waals surface area contributed by atoms with Crippen LogP contribution in [0.3, 0.4) is 0 Å². The molecule has 0 N–H and O–H groups in total. The molecule has 0 radical (unpaired) electrons. The average Bonchev–Trinajstić information content (AvgIpc) is 3.19. The second-order valence-electron chi connectivity index (χ2n) is 6.65. The summed E-state index contributed by atoms with van der Waals surface area (Å²) in [6, 6.07) is 0. The SMILES string of the molecule is COC(=O)CN1CCN(c2nc3sc4c(c3c(=O)n2C)CCC4)CC1. The number of hydrogen-bond donors (Lipinski definition) is 0. The number of rotatable bonds is 3. The van der Waals surface area contributed by atoms with Crippen molar-refractivity contribution in [1.82, 2.24) is 14.5 Å². The standard InChI is InChI=1S/C17H22N4O3S/c1-19-16(23)14-11-4-3-5-12(11)25-15(14)18-17(19)21-8-6-20(7-9-21)10-13(22)24-2/h3-10H2,1-2H3. The Balaban J connectivity index is 1.59. The first-order chi connectivity index (χ1) is 12.1. The van der Waals surface area contributed by atoms with E-state index in [2.05, 4.69) is 9.80 Å². The Labute approximate surface area is 149 Å².